The lowest BCUT2D eigenvalue weighted by atomic mass is 10.2. The van der Waals surface area contributed by atoms with Crippen LogP contribution in [0.25, 0.3) is 23.0 Å². The number of rotatable bonds is 6. The number of aromatic nitrogens is 3. The fourth-order valence-electron chi connectivity index (χ4n) is 3.24. The van der Waals surface area contributed by atoms with Gasteiger partial charge in [0.25, 0.3) is 5.89 Å². The summed E-state index contributed by atoms with van der Waals surface area (Å²) in [6, 6.07) is 16.4. The lowest BCUT2D eigenvalue weighted by molar-refractivity contribution is -0.121. The number of hydrogen-bond acceptors (Lipinski definition) is 6. The SMILES string of the molecule is O=C(Cn1cccc1-c1nc(-c2ccc3c(c2)OCO3)no1)NCc1ccc(Cl)cc1. The number of nitrogens with one attached hydrogen (secondary N) is 1. The highest BCUT2D eigenvalue weighted by atomic mass is 35.5. The smallest absolute Gasteiger partial charge is 0.274 e. The highest BCUT2D eigenvalue weighted by molar-refractivity contribution is 6.30. The van der Waals surface area contributed by atoms with Crippen molar-refractivity contribution in [2.24, 2.45) is 0 Å². The molecule has 8 nitrogen and oxygen atoms in total. The standard InChI is InChI=1S/C22H17ClN4O4/c23-16-6-3-14(4-7-16)11-24-20(28)12-27-9-1-2-17(27)22-25-21(26-31-22)15-5-8-18-19(10-15)30-13-29-18/h1-10H,11-13H2,(H,24,28). The van der Waals surface area contributed by atoms with Gasteiger partial charge in [0.05, 0.1) is 0 Å². The molecule has 0 aliphatic carbocycles. The van der Waals surface area contributed by atoms with Crippen LogP contribution in [-0.4, -0.2) is 27.4 Å². The van der Waals surface area contributed by atoms with Crippen LogP contribution in [0.2, 0.25) is 5.02 Å². The van der Waals surface area contributed by atoms with Gasteiger partial charge < -0.3 is 23.9 Å². The first-order valence-corrected chi connectivity index (χ1v) is 9.94. The molecule has 0 spiro atoms. The van der Waals surface area contributed by atoms with Crippen molar-refractivity contribution in [3.05, 3.63) is 71.4 Å². The van der Waals surface area contributed by atoms with E-state index in [4.69, 9.17) is 25.6 Å². The van der Waals surface area contributed by atoms with E-state index in [2.05, 4.69) is 15.5 Å². The van der Waals surface area contributed by atoms with Gasteiger partial charge in [-0.05, 0) is 48.0 Å². The number of benzene rings is 2. The van der Waals surface area contributed by atoms with E-state index in [9.17, 15) is 4.79 Å². The molecule has 5 rings (SSSR count). The molecule has 2 aromatic carbocycles. The summed E-state index contributed by atoms with van der Waals surface area (Å²) in [5.41, 5.74) is 2.37. The molecule has 4 aromatic rings. The second kappa shape index (κ2) is 8.16. The Morgan fingerprint density at radius 1 is 1.10 bits per heavy atom. The average molecular weight is 437 g/mol. The minimum atomic E-state index is -0.136. The molecule has 0 atom stereocenters. The molecule has 1 aliphatic rings. The van der Waals surface area contributed by atoms with Crippen LogP contribution in [0.3, 0.4) is 0 Å². The number of fused-ring (bicyclic) bond motifs is 1. The molecule has 3 heterocycles. The summed E-state index contributed by atoms with van der Waals surface area (Å²) in [4.78, 5) is 16.9. The molecule has 0 bridgehead atoms. The van der Waals surface area contributed by atoms with Crippen LogP contribution in [0.4, 0.5) is 0 Å². The quantitative estimate of drug-likeness (QED) is 0.493. The summed E-state index contributed by atoms with van der Waals surface area (Å²) in [6.07, 6.45) is 1.79. The van der Waals surface area contributed by atoms with Crippen molar-refractivity contribution in [1.82, 2.24) is 20.0 Å². The Kier molecular flexibility index (Phi) is 5.05. The highest BCUT2D eigenvalue weighted by Crippen LogP contribution is 2.35. The Bertz CT molecular complexity index is 1230. The summed E-state index contributed by atoms with van der Waals surface area (Å²) in [5.74, 6) is 1.94. The van der Waals surface area contributed by atoms with Gasteiger partial charge in [-0.2, -0.15) is 4.98 Å². The van der Waals surface area contributed by atoms with Gasteiger partial charge in [-0.1, -0.05) is 28.9 Å². The number of ether oxygens (including phenoxy) is 2. The average Bonchev–Trinajstić information content (AvgIpc) is 3.53. The molecule has 0 saturated carbocycles. The molecule has 0 saturated heterocycles. The zero-order chi connectivity index (χ0) is 21.2. The van der Waals surface area contributed by atoms with Gasteiger partial charge >= 0.3 is 0 Å². The van der Waals surface area contributed by atoms with E-state index in [1.807, 2.05) is 30.3 Å². The van der Waals surface area contributed by atoms with Crippen LogP contribution in [0.15, 0.2) is 65.3 Å². The van der Waals surface area contributed by atoms with Crippen LogP contribution in [0.1, 0.15) is 5.56 Å². The molecule has 0 radical (unpaired) electrons. The van der Waals surface area contributed by atoms with E-state index in [-0.39, 0.29) is 19.2 Å². The summed E-state index contributed by atoms with van der Waals surface area (Å²) >= 11 is 5.89. The van der Waals surface area contributed by atoms with Gasteiger partial charge in [0.15, 0.2) is 11.5 Å². The van der Waals surface area contributed by atoms with Gasteiger partial charge in [0.1, 0.15) is 12.2 Å². The van der Waals surface area contributed by atoms with Crippen molar-refractivity contribution in [2.45, 2.75) is 13.1 Å². The van der Waals surface area contributed by atoms with Crippen molar-refractivity contribution in [1.29, 1.82) is 0 Å². The second-order valence-corrected chi connectivity index (χ2v) is 7.35. The number of hydrogen-bond donors (Lipinski definition) is 1. The first-order chi connectivity index (χ1) is 15.2. The van der Waals surface area contributed by atoms with Gasteiger partial charge in [-0.3, -0.25) is 4.79 Å². The van der Waals surface area contributed by atoms with E-state index in [1.54, 1.807) is 35.0 Å². The third-order valence-corrected chi connectivity index (χ3v) is 5.07. The molecule has 31 heavy (non-hydrogen) atoms. The molecule has 1 amide bonds. The second-order valence-electron chi connectivity index (χ2n) is 6.92. The lowest BCUT2D eigenvalue weighted by Crippen LogP contribution is -2.27. The third kappa shape index (κ3) is 4.10. The number of halogens is 1. The van der Waals surface area contributed by atoms with E-state index >= 15 is 0 Å². The Balaban J connectivity index is 1.28. The zero-order valence-electron chi connectivity index (χ0n) is 16.2. The molecule has 0 fully saturated rings. The highest BCUT2D eigenvalue weighted by Gasteiger charge is 2.18. The Morgan fingerprint density at radius 2 is 1.94 bits per heavy atom. The number of nitrogens with zero attached hydrogens (tertiary/aromatic N) is 3. The molecule has 0 unspecified atom stereocenters. The van der Waals surface area contributed by atoms with Crippen molar-refractivity contribution < 1.29 is 18.8 Å². The fraction of sp³-hybridized carbons (Fsp3) is 0.136. The molecular formula is C22H17ClN4O4. The zero-order valence-corrected chi connectivity index (χ0v) is 17.0. The summed E-state index contributed by atoms with van der Waals surface area (Å²) in [5, 5.41) is 7.62. The number of carbonyl (C=O) groups is 1. The summed E-state index contributed by atoms with van der Waals surface area (Å²) < 4.78 is 17.9. The van der Waals surface area contributed by atoms with Crippen LogP contribution in [0.5, 0.6) is 11.5 Å². The predicted molar refractivity (Wildman–Crippen MR) is 113 cm³/mol. The fourth-order valence-corrected chi connectivity index (χ4v) is 3.37. The minimum absolute atomic E-state index is 0.123. The summed E-state index contributed by atoms with van der Waals surface area (Å²) in [6.45, 7) is 0.739. The summed E-state index contributed by atoms with van der Waals surface area (Å²) in [7, 11) is 0. The van der Waals surface area contributed by atoms with Crippen molar-refractivity contribution in [3.63, 3.8) is 0 Å². The molecule has 1 N–H and O–H groups in total. The first-order valence-electron chi connectivity index (χ1n) is 9.56. The molecular weight excluding hydrogens is 420 g/mol. The topological polar surface area (TPSA) is 91.4 Å². The van der Waals surface area contributed by atoms with E-state index in [0.29, 0.717) is 40.5 Å². The molecule has 9 heteroatoms. The van der Waals surface area contributed by atoms with E-state index < -0.39 is 0 Å². The van der Waals surface area contributed by atoms with Crippen LogP contribution in [-0.2, 0) is 17.9 Å². The van der Waals surface area contributed by atoms with Gasteiger partial charge in [0, 0.05) is 23.3 Å². The first kappa shape index (κ1) is 19.2. The van der Waals surface area contributed by atoms with Crippen molar-refractivity contribution in [3.8, 4) is 34.5 Å². The molecule has 156 valence electrons. The van der Waals surface area contributed by atoms with E-state index in [1.165, 1.54) is 0 Å². The van der Waals surface area contributed by atoms with Crippen molar-refractivity contribution in [2.75, 3.05) is 6.79 Å². The van der Waals surface area contributed by atoms with Gasteiger partial charge in [-0.15, -0.1) is 0 Å². The van der Waals surface area contributed by atoms with Crippen LogP contribution < -0.4 is 14.8 Å². The van der Waals surface area contributed by atoms with Gasteiger partial charge in [0.2, 0.25) is 18.5 Å². The molecule has 1 aliphatic heterocycles. The van der Waals surface area contributed by atoms with Gasteiger partial charge in [-0.25, -0.2) is 0 Å². The number of carbonyl (C=O) groups excluding carboxylic acids is 1. The largest absolute Gasteiger partial charge is 0.454 e. The maximum Gasteiger partial charge on any atom is 0.274 e. The molecule has 2 aromatic heterocycles. The minimum Gasteiger partial charge on any atom is -0.454 e. The predicted octanol–water partition coefficient (Wildman–Crippen LogP) is 3.90. The Hall–Kier alpha value is -3.78. The Morgan fingerprint density at radius 3 is 2.81 bits per heavy atom. The Labute approximate surface area is 182 Å². The third-order valence-electron chi connectivity index (χ3n) is 4.82. The maximum atomic E-state index is 12.4. The van der Waals surface area contributed by atoms with Crippen molar-refractivity contribution >= 4 is 17.5 Å². The monoisotopic (exact) mass is 436 g/mol. The lowest BCUT2D eigenvalue weighted by Gasteiger charge is -2.08. The maximum absolute atomic E-state index is 12.4. The normalized spacial score (nSPS) is 12.2. The van der Waals surface area contributed by atoms with E-state index in [0.717, 1.165) is 11.1 Å². The van der Waals surface area contributed by atoms with Crippen LogP contribution in [0, 0.1) is 0 Å². The number of amides is 1. The van der Waals surface area contributed by atoms with Crippen LogP contribution >= 0.6 is 11.6 Å².